The lowest BCUT2D eigenvalue weighted by Gasteiger charge is -2.17. The van der Waals surface area contributed by atoms with E-state index in [1.165, 1.54) is 22.2 Å². The number of carbonyl (C=O) groups is 1. The van der Waals surface area contributed by atoms with Crippen molar-refractivity contribution in [2.24, 2.45) is 5.92 Å². The SMILES string of the molecule is Cc1ccc(C)c(NC(=O)CSc2nc3sc4c(c3c(=O)n2-c2ccccc2)CCC(C)C4)c1. The fraction of sp³-hybridized carbons (Fsp3) is 0.296. The van der Waals surface area contributed by atoms with Crippen molar-refractivity contribution in [3.05, 3.63) is 80.5 Å². The molecule has 5 rings (SSSR count). The second kappa shape index (κ2) is 9.39. The largest absolute Gasteiger partial charge is 0.325 e. The van der Waals surface area contributed by atoms with Gasteiger partial charge in [-0.2, -0.15) is 0 Å². The van der Waals surface area contributed by atoms with Crippen LogP contribution in [0.3, 0.4) is 0 Å². The first-order valence-electron chi connectivity index (χ1n) is 11.5. The first-order chi connectivity index (χ1) is 16.4. The molecular weight excluding hydrogens is 462 g/mol. The Balaban J connectivity index is 1.51. The molecule has 2 heterocycles. The fourth-order valence-electron chi connectivity index (χ4n) is 4.46. The van der Waals surface area contributed by atoms with Crippen LogP contribution in [-0.4, -0.2) is 21.2 Å². The zero-order valence-corrected chi connectivity index (χ0v) is 21.2. The van der Waals surface area contributed by atoms with E-state index in [4.69, 9.17) is 4.98 Å². The zero-order valence-electron chi connectivity index (χ0n) is 19.6. The van der Waals surface area contributed by atoms with E-state index in [0.29, 0.717) is 11.1 Å². The number of amides is 1. The third-order valence-electron chi connectivity index (χ3n) is 6.31. The number of rotatable bonds is 5. The van der Waals surface area contributed by atoms with Gasteiger partial charge in [-0.25, -0.2) is 4.98 Å². The second-order valence-corrected chi connectivity index (χ2v) is 11.1. The lowest BCUT2D eigenvalue weighted by atomic mass is 9.89. The van der Waals surface area contributed by atoms with Crippen molar-refractivity contribution in [2.75, 3.05) is 11.1 Å². The van der Waals surface area contributed by atoms with E-state index in [9.17, 15) is 9.59 Å². The van der Waals surface area contributed by atoms with Crippen LogP contribution in [0.15, 0.2) is 58.5 Å². The molecule has 0 aliphatic heterocycles. The first kappa shape index (κ1) is 22.9. The van der Waals surface area contributed by atoms with Gasteiger partial charge in [0.25, 0.3) is 5.56 Å². The van der Waals surface area contributed by atoms with Gasteiger partial charge in [-0.1, -0.05) is 49.0 Å². The summed E-state index contributed by atoms with van der Waals surface area (Å²) in [7, 11) is 0. The van der Waals surface area contributed by atoms with Crippen molar-refractivity contribution in [2.45, 2.75) is 45.2 Å². The molecule has 0 bridgehead atoms. The van der Waals surface area contributed by atoms with Crippen molar-refractivity contribution < 1.29 is 4.79 Å². The Kier molecular flexibility index (Phi) is 6.32. The van der Waals surface area contributed by atoms with Crippen LogP contribution in [0.2, 0.25) is 0 Å². The number of anilines is 1. The molecule has 2 aromatic carbocycles. The third-order valence-corrected chi connectivity index (χ3v) is 8.40. The number of fused-ring (bicyclic) bond motifs is 3. The highest BCUT2D eigenvalue weighted by Gasteiger charge is 2.25. The number of aryl methyl sites for hydroxylation is 3. The summed E-state index contributed by atoms with van der Waals surface area (Å²) in [5, 5.41) is 4.30. The minimum absolute atomic E-state index is 0.0410. The molecule has 7 heteroatoms. The van der Waals surface area contributed by atoms with Crippen LogP contribution >= 0.6 is 23.1 Å². The number of thiophene rings is 1. The zero-order chi connectivity index (χ0) is 23.8. The fourth-order valence-corrected chi connectivity index (χ4v) is 6.70. The van der Waals surface area contributed by atoms with Crippen LogP contribution in [0, 0.1) is 19.8 Å². The van der Waals surface area contributed by atoms with E-state index in [-0.39, 0.29) is 17.2 Å². The second-order valence-electron chi connectivity index (χ2n) is 9.06. The van der Waals surface area contributed by atoms with E-state index < -0.39 is 0 Å². The molecule has 1 aliphatic carbocycles. The average molecular weight is 490 g/mol. The van der Waals surface area contributed by atoms with Crippen molar-refractivity contribution >= 4 is 44.9 Å². The predicted octanol–water partition coefficient (Wildman–Crippen LogP) is 5.92. The number of hydrogen-bond donors (Lipinski definition) is 1. The van der Waals surface area contributed by atoms with Crippen molar-refractivity contribution in [1.82, 2.24) is 9.55 Å². The molecule has 34 heavy (non-hydrogen) atoms. The van der Waals surface area contributed by atoms with Crippen LogP contribution in [0.5, 0.6) is 0 Å². The predicted molar refractivity (Wildman–Crippen MR) is 142 cm³/mol. The Morgan fingerprint density at radius 3 is 2.79 bits per heavy atom. The van der Waals surface area contributed by atoms with Crippen LogP contribution in [-0.2, 0) is 17.6 Å². The summed E-state index contributed by atoms with van der Waals surface area (Å²) >= 11 is 2.94. The van der Waals surface area contributed by atoms with E-state index in [1.807, 2.05) is 62.4 Å². The molecule has 0 spiro atoms. The molecular formula is C27H27N3O2S2. The number of para-hydroxylation sites is 1. The lowest BCUT2D eigenvalue weighted by Crippen LogP contribution is -2.23. The molecule has 0 fully saturated rings. The van der Waals surface area contributed by atoms with Crippen LogP contribution < -0.4 is 10.9 Å². The number of thioether (sulfide) groups is 1. The molecule has 0 radical (unpaired) electrons. The van der Waals surface area contributed by atoms with E-state index in [1.54, 1.807) is 15.9 Å². The number of benzene rings is 2. The first-order valence-corrected chi connectivity index (χ1v) is 13.3. The summed E-state index contributed by atoms with van der Waals surface area (Å²) < 4.78 is 1.67. The van der Waals surface area contributed by atoms with Gasteiger partial charge in [-0.05, 0) is 73.9 Å². The lowest BCUT2D eigenvalue weighted by molar-refractivity contribution is -0.113. The summed E-state index contributed by atoms with van der Waals surface area (Å²) in [6.45, 7) is 6.24. The highest BCUT2D eigenvalue weighted by molar-refractivity contribution is 7.99. The van der Waals surface area contributed by atoms with Gasteiger partial charge in [0.2, 0.25) is 5.91 Å². The Labute approximate surface area is 207 Å². The van der Waals surface area contributed by atoms with Crippen LogP contribution in [0.4, 0.5) is 5.69 Å². The number of aromatic nitrogens is 2. The molecule has 5 nitrogen and oxygen atoms in total. The molecule has 1 aliphatic rings. The molecule has 0 saturated carbocycles. The average Bonchev–Trinajstić information content (AvgIpc) is 3.18. The number of carbonyl (C=O) groups excluding carboxylic acids is 1. The Morgan fingerprint density at radius 2 is 2.00 bits per heavy atom. The van der Waals surface area contributed by atoms with Gasteiger partial charge in [0.05, 0.1) is 16.8 Å². The van der Waals surface area contributed by atoms with Crippen molar-refractivity contribution in [1.29, 1.82) is 0 Å². The smallest absolute Gasteiger partial charge is 0.267 e. The topological polar surface area (TPSA) is 64.0 Å². The monoisotopic (exact) mass is 489 g/mol. The molecule has 1 N–H and O–H groups in total. The van der Waals surface area contributed by atoms with Crippen molar-refractivity contribution in [3.8, 4) is 5.69 Å². The van der Waals surface area contributed by atoms with Gasteiger partial charge in [0, 0.05) is 10.6 Å². The minimum Gasteiger partial charge on any atom is -0.325 e. The van der Waals surface area contributed by atoms with E-state index in [2.05, 4.69) is 12.2 Å². The number of nitrogens with one attached hydrogen (secondary N) is 1. The molecule has 2 aromatic heterocycles. The van der Waals surface area contributed by atoms with Gasteiger partial charge < -0.3 is 5.32 Å². The molecule has 174 valence electrons. The van der Waals surface area contributed by atoms with Gasteiger partial charge in [-0.3, -0.25) is 14.2 Å². The molecule has 1 unspecified atom stereocenters. The maximum absolute atomic E-state index is 13.8. The highest BCUT2D eigenvalue weighted by atomic mass is 32.2. The minimum atomic E-state index is -0.119. The molecule has 4 aromatic rings. The summed E-state index contributed by atoms with van der Waals surface area (Å²) in [5.74, 6) is 0.673. The third kappa shape index (κ3) is 4.42. The normalized spacial score (nSPS) is 15.3. The van der Waals surface area contributed by atoms with E-state index in [0.717, 1.165) is 52.0 Å². The quantitative estimate of drug-likeness (QED) is 0.279. The summed E-state index contributed by atoms with van der Waals surface area (Å²) in [6.07, 6.45) is 3.02. The number of hydrogen-bond acceptors (Lipinski definition) is 5. The van der Waals surface area contributed by atoms with Gasteiger partial charge in [0.15, 0.2) is 5.16 Å². The number of nitrogens with zero attached hydrogens (tertiary/aromatic N) is 2. The van der Waals surface area contributed by atoms with Gasteiger partial charge in [0.1, 0.15) is 4.83 Å². The van der Waals surface area contributed by atoms with Crippen LogP contribution in [0.25, 0.3) is 15.9 Å². The Hall–Kier alpha value is -2.90. The Bertz CT molecular complexity index is 1440. The van der Waals surface area contributed by atoms with Gasteiger partial charge >= 0.3 is 0 Å². The summed E-state index contributed by atoms with van der Waals surface area (Å²) in [5.41, 5.74) is 4.82. The van der Waals surface area contributed by atoms with E-state index >= 15 is 0 Å². The molecule has 0 saturated heterocycles. The molecule has 1 atom stereocenters. The summed E-state index contributed by atoms with van der Waals surface area (Å²) in [6, 6.07) is 15.6. The van der Waals surface area contributed by atoms with Crippen molar-refractivity contribution in [3.63, 3.8) is 0 Å². The maximum Gasteiger partial charge on any atom is 0.267 e. The van der Waals surface area contributed by atoms with Crippen LogP contribution in [0.1, 0.15) is 34.9 Å². The maximum atomic E-state index is 13.8. The Morgan fingerprint density at radius 1 is 1.21 bits per heavy atom. The summed E-state index contributed by atoms with van der Waals surface area (Å²) in [4.78, 5) is 33.6. The standard InChI is InChI=1S/C27H27N3O2S2/c1-16-9-11-18(3)21(13-16)28-23(31)15-33-27-29-25-24(20-12-10-17(2)14-22(20)34-25)26(32)30(27)19-7-5-4-6-8-19/h4-9,11,13,17H,10,12,14-15H2,1-3H3,(H,28,31). The highest BCUT2D eigenvalue weighted by Crippen LogP contribution is 2.37. The van der Waals surface area contributed by atoms with Gasteiger partial charge in [-0.15, -0.1) is 11.3 Å². The molecule has 1 amide bonds.